The van der Waals surface area contributed by atoms with Gasteiger partial charge in [0.15, 0.2) is 0 Å². The maximum Gasteiger partial charge on any atom is 0.342 e. The van der Waals surface area contributed by atoms with Gasteiger partial charge in [0.2, 0.25) is 0 Å². The smallest absolute Gasteiger partial charge is 0.342 e. The molecule has 0 spiro atoms. The molecule has 0 saturated carbocycles. The van der Waals surface area contributed by atoms with E-state index in [1.807, 2.05) is 12.1 Å². The number of carbonyl (C=O) groups is 2. The van der Waals surface area contributed by atoms with Crippen molar-refractivity contribution < 1.29 is 19.1 Å². The minimum atomic E-state index is -0.539. The van der Waals surface area contributed by atoms with E-state index in [9.17, 15) is 9.59 Å². The molecule has 0 amide bonds. The number of hydrogen-bond donors (Lipinski definition) is 1. The fourth-order valence-corrected chi connectivity index (χ4v) is 3.04. The Balaban J connectivity index is 2.11. The third-order valence-corrected chi connectivity index (χ3v) is 4.80. The molecule has 1 rings (SSSR count). The SMILES string of the molecule is CCCCCCCCCC=CCCCNc1ccc(C(=O)OC=CC(=O)OCC)cc1. The molecular formula is C26H39NO4. The molecule has 1 aromatic carbocycles. The molecule has 0 saturated heterocycles. The van der Waals surface area contributed by atoms with Crippen LogP contribution in [0.3, 0.4) is 0 Å². The minimum absolute atomic E-state index is 0.279. The molecule has 31 heavy (non-hydrogen) atoms. The molecule has 172 valence electrons. The van der Waals surface area contributed by atoms with E-state index in [1.165, 1.54) is 51.4 Å². The van der Waals surface area contributed by atoms with Gasteiger partial charge in [-0.1, -0.05) is 57.6 Å². The van der Waals surface area contributed by atoms with Gasteiger partial charge in [0.1, 0.15) is 6.26 Å². The van der Waals surface area contributed by atoms with Crippen LogP contribution in [0.25, 0.3) is 0 Å². The fourth-order valence-electron chi connectivity index (χ4n) is 3.04. The summed E-state index contributed by atoms with van der Waals surface area (Å²) in [5, 5.41) is 3.36. The summed E-state index contributed by atoms with van der Waals surface area (Å²) < 4.78 is 9.63. The molecule has 0 aliphatic heterocycles. The Morgan fingerprint density at radius 2 is 1.52 bits per heavy atom. The quantitative estimate of drug-likeness (QED) is 0.0969. The standard InChI is InChI=1S/C26H39NO4/c1-3-5-6-7-8-9-10-11-12-13-14-15-21-27-24-18-16-23(17-19-24)26(29)31-22-20-25(28)30-4-2/h12-13,16-20,22,27H,3-11,14-15,21H2,1-2H3. The van der Waals surface area contributed by atoms with E-state index in [0.29, 0.717) is 5.56 Å². The molecule has 0 atom stereocenters. The predicted molar refractivity (Wildman–Crippen MR) is 127 cm³/mol. The molecule has 0 aromatic heterocycles. The van der Waals surface area contributed by atoms with Gasteiger partial charge in [-0.05, 0) is 56.9 Å². The number of nitrogens with one attached hydrogen (secondary N) is 1. The Morgan fingerprint density at radius 1 is 0.871 bits per heavy atom. The number of rotatable bonds is 17. The van der Waals surface area contributed by atoms with Crippen LogP contribution in [-0.2, 0) is 14.3 Å². The lowest BCUT2D eigenvalue weighted by atomic mass is 10.1. The third kappa shape index (κ3) is 14.1. The highest BCUT2D eigenvalue weighted by molar-refractivity contribution is 5.90. The van der Waals surface area contributed by atoms with E-state index in [0.717, 1.165) is 37.4 Å². The molecule has 5 nitrogen and oxygen atoms in total. The van der Waals surface area contributed by atoms with Gasteiger partial charge in [-0.3, -0.25) is 0 Å². The van der Waals surface area contributed by atoms with Gasteiger partial charge in [-0.15, -0.1) is 0 Å². The van der Waals surface area contributed by atoms with Crippen LogP contribution in [0.15, 0.2) is 48.8 Å². The van der Waals surface area contributed by atoms with Crippen LogP contribution in [0, 0.1) is 0 Å². The first-order chi connectivity index (χ1) is 15.2. The highest BCUT2D eigenvalue weighted by atomic mass is 16.5. The fraction of sp³-hybridized carbons (Fsp3) is 0.538. The summed E-state index contributed by atoms with van der Waals surface area (Å²) in [5.41, 5.74) is 1.39. The number of hydrogen-bond acceptors (Lipinski definition) is 5. The van der Waals surface area contributed by atoms with Gasteiger partial charge >= 0.3 is 11.9 Å². The number of anilines is 1. The van der Waals surface area contributed by atoms with Crippen molar-refractivity contribution in [3.63, 3.8) is 0 Å². The monoisotopic (exact) mass is 429 g/mol. The van der Waals surface area contributed by atoms with Crippen molar-refractivity contribution in [1.29, 1.82) is 0 Å². The molecule has 0 radical (unpaired) electrons. The molecule has 0 aliphatic rings. The van der Waals surface area contributed by atoms with Crippen LogP contribution in [-0.4, -0.2) is 25.1 Å². The van der Waals surface area contributed by atoms with Gasteiger partial charge in [0.05, 0.1) is 18.2 Å². The zero-order chi connectivity index (χ0) is 22.6. The summed E-state index contributed by atoms with van der Waals surface area (Å²) in [6, 6.07) is 7.10. The molecule has 1 N–H and O–H groups in total. The highest BCUT2D eigenvalue weighted by Gasteiger charge is 2.05. The average molecular weight is 430 g/mol. The number of benzene rings is 1. The van der Waals surface area contributed by atoms with Gasteiger partial charge in [0.25, 0.3) is 0 Å². The number of unbranched alkanes of at least 4 members (excludes halogenated alkanes) is 8. The molecule has 0 aliphatic carbocycles. The van der Waals surface area contributed by atoms with Crippen LogP contribution in [0.2, 0.25) is 0 Å². The van der Waals surface area contributed by atoms with Crippen molar-refractivity contribution >= 4 is 17.6 Å². The summed E-state index contributed by atoms with van der Waals surface area (Å²) in [5.74, 6) is -1.05. The van der Waals surface area contributed by atoms with Crippen LogP contribution in [0.4, 0.5) is 5.69 Å². The lowest BCUT2D eigenvalue weighted by Gasteiger charge is -2.06. The topological polar surface area (TPSA) is 64.6 Å². The predicted octanol–water partition coefficient (Wildman–Crippen LogP) is 6.81. The van der Waals surface area contributed by atoms with Crippen LogP contribution in [0.5, 0.6) is 0 Å². The molecule has 0 unspecified atom stereocenters. The number of carbonyl (C=O) groups excluding carboxylic acids is 2. The highest BCUT2D eigenvalue weighted by Crippen LogP contribution is 2.12. The maximum absolute atomic E-state index is 11.9. The van der Waals surface area contributed by atoms with E-state index in [-0.39, 0.29) is 6.61 Å². The normalized spacial score (nSPS) is 11.2. The van der Waals surface area contributed by atoms with E-state index in [1.54, 1.807) is 19.1 Å². The van der Waals surface area contributed by atoms with Crippen molar-refractivity contribution in [2.75, 3.05) is 18.5 Å². The molecular weight excluding hydrogens is 390 g/mol. The van der Waals surface area contributed by atoms with Crippen molar-refractivity contribution in [3.8, 4) is 0 Å². The molecule has 0 fully saturated rings. The Hall–Kier alpha value is -2.56. The Morgan fingerprint density at radius 3 is 2.19 bits per heavy atom. The summed E-state index contributed by atoms with van der Waals surface area (Å²) in [6.07, 6.45) is 19.5. The van der Waals surface area contributed by atoms with Crippen molar-refractivity contribution in [3.05, 3.63) is 54.3 Å². The van der Waals surface area contributed by atoms with Gasteiger partial charge in [-0.25, -0.2) is 9.59 Å². The summed E-state index contributed by atoms with van der Waals surface area (Å²) in [6.45, 7) is 5.13. The first-order valence-corrected chi connectivity index (χ1v) is 11.7. The van der Waals surface area contributed by atoms with Crippen LogP contribution < -0.4 is 5.32 Å². The van der Waals surface area contributed by atoms with E-state index >= 15 is 0 Å². The zero-order valence-electron chi connectivity index (χ0n) is 19.2. The number of esters is 2. The van der Waals surface area contributed by atoms with Gasteiger partial charge < -0.3 is 14.8 Å². The first kappa shape index (κ1) is 26.5. The van der Waals surface area contributed by atoms with E-state index < -0.39 is 11.9 Å². The van der Waals surface area contributed by atoms with Gasteiger partial charge in [-0.2, -0.15) is 0 Å². The van der Waals surface area contributed by atoms with Gasteiger partial charge in [0, 0.05) is 12.2 Å². The molecule has 5 heteroatoms. The second-order valence-electron chi connectivity index (χ2n) is 7.49. The summed E-state index contributed by atoms with van der Waals surface area (Å²) >= 11 is 0. The molecule has 0 heterocycles. The maximum atomic E-state index is 11.9. The second-order valence-corrected chi connectivity index (χ2v) is 7.49. The summed E-state index contributed by atoms with van der Waals surface area (Å²) in [4.78, 5) is 23.1. The average Bonchev–Trinajstić information content (AvgIpc) is 2.77. The van der Waals surface area contributed by atoms with Crippen molar-refractivity contribution in [2.24, 2.45) is 0 Å². The van der Waals surface area contributed by atoms with E-state index in [4.69, 9.17) is 9.47 Å². The Bertz CT molecular complexity index is 664. The number of allylic oxidation sites excluding steroid dienone is 2. The van der Waals surface area contributed by atoms with Crippen LogP contribution >= 0.6 is 0 Å². The number of ether oxygens (including phenoxy) is 2. The molecule has 0 bridgehead atoms. The Labute approximate surface area is 187 Å². The van der Waals surface area contributed by atoms with E-state index in [2.05, 4.69) is 24.4 Å². The lowest BCUT2D eigenvalue weighted by Crippen LogP contribution is -2.04. The minimum Gasteiger partial charge on any atom is -0.463 e. The second kappa shape index (κ2) is 18.2. The largest absolute Gasteiger partial charge is 0.463 e. The lowest BCUT2D eigenvalue weighted by molar-refractivity contribution is -0.137. The third-order valence-electron chi connectivity index (χ3n) is 4.80. The van der Waals surface area contributed by atoms with Crippen LogP contribution in [0.1, 0.15) is 88.4 Å². The first-order valence-electron chi connectivity index (χ1n) is 11.7. The van der Waals surface area contributed by atoms with Crippen molar-refractivity contribution in [2.45, 2.75) is 78.1 Å². The zero-order valence-corrected chi connectivity index (χ0v) is 19.2. The summed E-state index contributed by atoms with van der Waals surface area (Å²) in [7, 11) is 0. The molecule has 1 aromatic rings. The van der Waals surface area contributed by atoms with Crippen molar-refractivity contribution in [1.82, 2.24) is 0 Å². The Kier molecular flexibility index (Phi) is 15.6.